The number of hydrogen-bond donors (Lipinski definition) is 2. The molecule has 1 aliphatic heterocycles. The molecular formula is C32H28N4O3S. The Hall–Kier alpha value is -4.69. The number of aromatic nitrogens is 2. The van der Waals surface area contributed by atoms with Crippen molar-refractivity contribution in [3.63, 3.8) is 0 Å². The molecule has 4 aromatic carbocycles. The van der Waals surface area contributed by atoms with Gasteiger partial charge in [0.1, 0.15) is 6.10 Å². The Labute approximate surface area is 234 Å². The van der Waals surface area contributed by atoms with Crippen molar-refractivity contribution in [2.45, 2.75) is 24.8 Å². The molecule has 2 heterocycles. The third-order valence-electron chi connectivity index (χ3n) is 6.95. The Morgan fingerprint density at radius 3 is 2.23 bits per heavy atom. The molecule has 1 aliphatic rings. The Balaban J connectivity index is 1.45. The number of nitrogens with one attached hydrogen (secondary N) is 2. The molecule has 5 aromatic rings. The van der Waals surface area contributed by atoms with E-state index in [4.69, 9.17) is 4.74 Å². The van der Waals surface area contributed by atoms with Crippen molar-refractivity contribution in [1.29, 1.82) is 0 Å². The second kappa shape index (κ2) is 10.5. The van der Waals surface area contributed by atoms with Gasteiger partial charge in [-0.25, -0.2) is 18.1 Å². The molecule has 40 heavy (non-hydrogen) atoms. The number of nitrogens with zero attached hydrogens (tertiary/aromatic N) is 2. The lowest BCUT2D eigenvalue weighted by molar-refractivity contribution is 0.210. The number of ether oxygens (including phenoxy) is 1. The first-order valence-corrected chi connectivity index (χ1v) is 14.5. The van der Waals surface area contributed by atoms with Crippen LogP contribution in [-0.4, -0.2) is 24.9 Å². The molecule has 0 saturated carbocycles. The lowest BCUT2D eigenvalue weighted by Gasteiger charge is -2.22. The normalized spacial score (nSPS) is 15.9. The number of rotatable bonds is 3. The Morgan fingerprint density at radius 1 is 0.775 bits per heavy atom. The fraction of sp³-hybridized carbons (Fsp3) is 0.125. The fourth-order valence-corrected chi connectivity index (χ4v) is 5.92. The number of fused-ring (bicyclic) bond motifs is 4. The van der Waals surface area contributed by atoms with Crippen LogP contribution < -0.4 is 14.8 Å². The molecule has 1 unspecified atom stereocenters. The molecule has 0 radical (unpaired) electrons. The van der Waals surface area contributed by atoms with E-state index in [1.54, 1.807) is 24.3 Å². The predicted octanol–water partition coefficient (Wildman–Crippen LogP) is 6.77. The summed E-state index contributed by atoms with van der Waals surface area (Å²) in [7, 11) is -3.93. The molecule has 7 nitrogen and oxygen atoms in total. The minimum absolute atomic E-state index is 0.0488. The summed E-state index contributed by atoms with van der Waals surface area (Å²) in [5.74, 6) is 0.223. The summed E-state index contributed by atoms with van der Waals surface area (Å²) in [6.07, 6.45) is -0.418. The number of benzene rings is 4. The van der Waals surface area contributed by atoms with Gasteiger partial charge >= 0.3 is 0 Å². The lowest BCUT2D eigenvalue weighted by atomic mass is 10.00. The van der Waals surface area contributed by atoms with Crippen molar-refractivity contribution in [3.8, 4) is 28.3 Å². The van der Waals surface area contributed by atoms with E-state index in [0.717, 1.165) is 33.4 Å². The molecule has 0 spiro atoms. The van der Waals surface area contributed by atoms with Crippen LogP contribution in [0.15, 0.2) is 108 Å². The van der Waals surface area contributed by atoms with Gasteiger partial charge in [0.05, 0.1) is 17.1 Å². The highest BCUT2D eigenvalue weighted by Crippen LogP contribution is 2.32. The van der Waals surface area contributed by atoms with E-state index in [0.29, 0.717) is 17.9 Å². The first-order chi connectivity index (χ1) is 19.4. The second-order valence-electron chi connectivity index (χ2n) is 9.79. The van der Waals surface area contributed by atoms with E-state index in [2.05, 4.69) is 44.3 Å². The predicted molar refractivity (Wildman–Crippen MR) is 158 cm³/mol. The molecule has 200 valence electrons. The smallest absolute Gasteiger partial charge is 0.264 e. The van der Waals surface area contributed by atoms with Crippen LogP contribution in [0.25, 0.3) is 22.4 Å². The Bertz CT molecular complexity index is 1770. The molecule has 0 fully saturated rings. The van der Waals surface area contributed by atoms with E-state index in [-0.39, 0.29) is 16.7 Å². The number of hydrogen-bond acceptors (Lipinski definition) is 6. The van der Waals surface area contributed by atoms with Gasteiger partial charge < -0.3 is 10.1 Å². The van der Waals surface area contributed by atoms with E-state index >= 15 is 0 Å². The highest BCUT2D eigenvalue weighted by atomic mass is 32.2. The minimum Gasteiger partial charge on any atom is -0.467 e. The molecule has 0 amide bonds. The van der Waals surface area contributed by atoms with Crippen LogP contribution in [0.1, 0.15) is 22.8 Å². The van der Waals surface area contributed by atoms with Gasteiger partial charge in [-0.1, -0.05) is 78.9 Å². The summed E-state index contributed by atoms with van der Waals surface area (Å²) >= 11 is 0. The summed E-state index contributed by atoms with van der Waals surface area (Å²) in [6, 6.07) is 32.9. The summed E-state index contributed by atoms with van der Waals surface area (Å²) in [6.45, 7) is 4.39. The highest BCUT2D eigenvalue weighted by Gasteiger charge is 2.22. The topological polar surface area (TPSA) is 93.2 Å². The molecule has 0 aliphatic carbocycles. The molecule has 0 saturated heterocycles. The van der Waals surface area contributed by atoms with Crippen molar-refractivity contribution >= 4 is 21.7 Å². The summed E-state index contributed by atoms with van der Waals surface area (Å²) < 4.78 is 35.5. The largest absolute Gasteiger partial charge is 0.467 e. The quantitative estimate of drug-likeness (QED) is 0.258. The van der Waals surface area contributed by atoms with Gasteiger partial charge in [-0.3, -0.25) is 0 Å². The summed E-state index contributed by atoms with van der Waals surface area (Å²) in [5, 5.41) is 3.35. The average molecular weight is 549 g/mol. The van der Waals surface area contributed by atoms with Gasteiger partial charge in [-0.05, 0) is 59.9 Å². The van der Waals surface area contributed by atoms with Crippen LogP contribution in [0, 0.1) is 13.8 Å². The standard InChI is InChI=1S/C32H28N4O3S/c1-21-8-6-9-22(2)31(21)28-19-30-35-32(34-28)36-40(37,38)27-13-7-12-26(18-27)33-20-29(39-30)25-16-14-24(15-17-25)23-10-4-3-5-11-23/h3-19,29,33H,20H2,1-2H3,(H,34,35,36). The molecule has 4 bridgehead atoms. The van der Waals surface area contributed by atoms with Crippen molar-refractivity contribution in [1.82, 2.24) is 9.97 Å². The molecular weight excluding hydrogens is 520 g/mol. The van der Waals surface area contributed by atoms with Crippen LogP contribution in [0.3, 0.4) is 0 Å². The zero-order valence-electron chi connectivity index (χ0n) is 22.1. The highest BCUT2D eigenvalue weighted by molar-refractivity contribution is 7.92. The monoisotopic (exact) mass is 548 g/mol. The molecule has 8 heteroatoms. The van der Waals surface area contributed by atoms with Gasteiger partial charge in [0.2, 0.25) is 11.8 Å². The lowest BCUT2D eigenvalue weighted by Crippen LogP contribution is -2.21. The van der Waals surface area contributed by atoms with Gasteiger partial charge in [-0.15, -0.1) is 0 Å². The molecule has 1 atom stereocenters. The van der Waals surface area contributed by atoms with Crippen LogP contribution >= 0.6 is 0 Å². The summed E-state index contributed by atoms with van der Waals surface area (Å²) in [4.78, 5) is 9.20. The van der Waals surface area contributed by atoms with Crippen molar-refractivity contribution in [2.24, 2.45) is 0 Å². The third kappa shape index (κ3) is 5.26. The minimum atomic E-state index is -3.93. The molecule has 6 rings (SSSR count). The maximum absolute atomic E-state index is 13.2. The van der Waals surface area contributed by atoms with Crippen LogP contribution in [0.2, 0.25) is 0 Å². The molecule has 1 aromatic heterocycles. The fourth-order valence-electron chi connectivity index (χ4n) is 4.93. The maximum Gasteiger partial charge on any atom is 0.264 e. The number of anilines is 2. The van der Waals surface area contributed by atoms with Crippen molar-refractivity contribution < 1.29 is 13.2 Å². The van der Waals surface area contributed by atoms with Crippen molar-refractivity contribution in [2.75, 3.05) is 16.6 Å². The van der Waals surface area contributed by atoms with Crippen LogP contribution in [0.5, 0.6) is 5.88 Å². The van der Waals surface area contributed by atoms with E-state index < -0.39 is 16.1 Å². The maximum atomic E-state index is 13.2. The van der Waals surface area contributed by atoms with Gasteiger partial charge in [0, 0.05) is 17.3 Å². The molecule has 2 N–H and O–H groups in total. The van der Waals surface area contributed by atoms with Crippen molar-refractivity contribution in [3.05, 3.63) is 120 Å². The van der Waals surface area contributed by atoms with Crippen LogP contribution in [0.4, 0.5) is 11.6 Å². The second-order valence-corrected chi connectivity index (χ2v) is 11.5. The zero-order valence-corrected chi connectivity index (χ0v) is 22.9. The first kappa shape index (κ1) is 25.6. The van der Waals surface area contributed by atoms with Crippen LogP contribution in [-0.2, 0) is 10.0 Å². The Kier molecular flexibility index (Phi) is 6.69. The third-order valence-corrected chi connectivity index (χ3v) is 8.28. The SMILES string of the molecule is Cc1cccc(C)c1-c1cc2nc(n1)NS(=O)(=O)c1cccc(c1)NCC(c1ccc(-c3ccccc3)cc1)O2. The van der Waals surface area contributed by atoms with E-state index in [1.165, 1.54) is 0 Å². The Morgan fingerprint density at radius 2 is 1.48 bits per heavy atom. The number of aryl methyl sites for hydroxylation is 2. The first-order valence-electron chi connectivity index (χ1n) is 13.0. The van der Waals surface area contributed by atoms with E-state index in [9.17, 15) is 8.42 Å². The van der Waals surface area contributed by atoms with Gasteiger partial charge in [0.15, 0.2) is 0 Å². The van der Waals surface area contributed by atoms with Gasteiger partial charge in [-0.2, -0.15) is 4.98 Å². The van der Waals surface area contributed by atoms with Gasteiger partial charge in [0.25, 0.3) is 10.0 Å². The van der Waals surface area contributed by atoms with E-state index in [1.807, 2.05) is 68.4 Å². The number of sulfonamides is 1. The summed E-state index contributed by atoms with van der Waals surface area (Å²) in [5.41, 5.74) is 7.38. The zero-order chi connectivity index (χ0) is 27.7. The average Bonchev–Trinajstić information content (AvgIpc) is 2.95.